The minimum atomic E-state index is -4.88. The molecule has 4 N–H and O–H groups in total. The van der Waals surface area contributed by atoms with Crippen molar-refractivity contribution in [3.63, 3.8) is 0 Å². The third kappa shape index (κ3) is 4.64. The largest absolute Gasteiger partial charge is 0.418 e. The summed E-state index contributed by atoms with van der Waals surface area (Å²) in [4.78, 5) is 35.5. The van der Waals surface area contributed by atoms with Gasteiger partial charge >= 0.3 is 16.4 Å². The Labute approximate surface area is 167 Å². The van der Waals surface area contributed by atoms with Crippen LogP contribution in [0, 0.1) is 5.41 Å². The molecule has 1 unspecified atom stereocenters. The van der Waals surface area contributed by atoms with Crippen LogP contribution in [-0.2, 0) is 24.3 Å². The quantitative estimate of drug-likeness (QED) is 0.392. The van der Waals surface area contributed by atoms with Gasteiger partial charge in [0.25, 0.3) is 5.91 Å². The monoisotopic (exact) mass is 429 g/mol. The highest BCUT2D eigenvalue weighted by atomic mass is 32.3. The third-order valence-electron chi connectivity index (χ3n) is 5.11. The number of hydrogen-bond acceptors (Lipinski definition) is 8. The molecule has 2 aliphatic rings. The molecule has 13 heteroatoms. The van der Waals surface area contributed by atoms with Crippen LogP contribution in [0.15, 0.2) is 24.5 Å². The number of nitrogens with zero attached hydrogens (tertiary/aromatic N) is 3. The van der Waals surface area contributed by atoms with Gasteiger partial charge in [0.15, 0.2) is 0 Å². The Bertz CT molecular complexity index is 879. The SMILES string of the molecule is CC1(C)C[C@@H](C(=O)NOCC(N)c2cccnc2)N2C[C@@H]1N(OS(=O)(=O)O)C2=O. The summed E-state index contributed by atoms with van der Waals surface area (Å²) < 4.78 is 35.5. The lowest BCUT2D eigenvalue weighted by molar-refractivity contribution is -0.141. The van der Waals surface area contributed by atoms with Crippen molar-refractivity contribution in [2.45, 2.75) is 38.4 Å². The van der Waals surface area contributed by atoms with E-state index in [1.54, 1.807) is 38.4 Å². The molecule has 2 aliphatic heterocycles. The first-order valence-corrected chi connectivity index (χ1v) is 10.2. The number of aromatic nitrogens is 1. The predicted molar refractivity (Wildman–Crippen MR) is 97.8 cm³/mol. The summed E-state index contributed by atoms with van der Waals surface area (Å²) >= 11 is 0. The van der Waals surface area contributed by atoms with Crippen molar-refractivity contribution < 1.29 is 31.7 Å². The second kappa shape index (κ2) is 7.84. The lowest BCUT2D eigenvalue weighted by Gasteiger charge is -2.40. The molecule has 1 aromatic heterocycles. The van der Waals surface area contributed by atoms with E-state index in [1.807, 2.05) is 0 Å². The Kier molecular flexibility index (Phi) is 5.78. The van der Waals surface area contributed by atoms with Gasteiger partial charge in [-0.25, -0.2) is 10.3 Å². The topological polar surface area (TPSA) is 164 Å². The summed E-state index contributed by atoms with van der Waals surface area (Å²) in [5, 5.41) is 0.599. The molecule has 3 heterocycles. The number of amides is 3. The van der Waals surface area contributed by atoms with Gasteiger partial charge in [-0.1, -0.05) is 19.9 Å². The Morgan fingerprint density at radius 2 is 2.24 bits per heavy atom. The zero-order valence-corrected chi connectivity index (χ0v) is 16.7. The molecular weight excluding hydrogens is 406 g/mol. The van der Waals surface area contributed by atoms with E-state index < -0.39 is 45.9 Å². The van der Waals surface area contributed by atoms with Crippen LogP contribution in [-0.4, -0.2) is 65.1 Å². The number of hydrogen-bond donors (Lipinski definition) is 3. The number of pyridine rings is 1. The van der Waals surface area contributed by atoms with Crippen LogP contribution in [0.25, 0.3) is 0 Å². The van der Waals surface area contributed by atoms with E-state index in [-0.39, 0.29) is 19.6 Å². The maximum Gasteiger partial charge on any atom is 0.418 e. The Morgan fingerprint density at radius 1 is 1.52 bits per heavy atom. The van der Waals surface area contributed by atoms with E-state index in [0.717, 1.165) is 5.56 Å². The van der Waals surface area contributed by atoms with Crippen LogP contribution in [0.4, 0.5) is 4.79 Å². The average molecular weight is 429 g/mol. The van der Waals surface area contributed by atoms with Crippen molar-refractivity contribution >= 4 is 22.3 Å². The van der Waals surface area contributed by atoms with Crippen LogP contribution in [0.5, 0.6) is 0 Å². The zero-order valence-electron chi connectivity index (χ0n) is 15.9. The number of fused-ring (bicyclic) bond motifs is 2. The van der Waals surface area contributed by atoms with Crippen molar-refractivity contribution in [3.8, 4) is 0 Å². The first-order valence-electron chi connectivity index (χ1n) is 8.83. The van der Waals surface area contributed by atoms with Gasteiger partial charge in [0.2, 0.25) is 0 Å². The van der Waals surface area contributed by atoms with Gasteiger partial charge in [0.1, 0.15) is 6.04 Å². The average Bonchev–Trinajstić information content (AvgIpc) is 2.92. The van der Waals surface area contributed by atoms with Gasteiger partial charge in [-0.2, -0.15) is 13.5 Å². The fraction of sp³-hybridized carbons (Fsp3) is 0.562. The van der Waals surface area contributed by atoms with Crippen LogP contribution >= 0.6 is 0 Å². The summed E-state index contributed by atoms with van der Waals surface area (Å²) in [7, 11) is -4.88. The molecule has 160 valence electrons. The highest BCUT2D eigenvalue weighted by Crippen LogP contribution is 2.42. The number of piperidine rings is 1. The molecule has 1 aromatic rings. The van der Waals surface area contributed by atoms with E-state index in [9.17, 15) is 18.0 Å². The molecule has 0 saturated carbocycles. The molecule has 2 bridgehead atoms. The van der Waals surface area contributed by atoms with Crippen LogP contribution < -0.4 is 11.2 Å². The Balaban J connectivity index is 1.63. The number of nitrogens with one attached hydrogen (secondary N) is 1. The summed E-state index contributed by atoms with van der Waals surface area (Å²) in [6.07, 6.45) is 3.43. The minimum absolute atomic E-state index is 0.0118. The third-order valence-corrected chi connectivity index (χ3v) is 5.46. The second-order valence-corrected chi connectivity index (χ2v) is 8.66. The maximum absolute atomic E-state index is 12.6. The minimum Gasteiger partial charge on any atom is -0.322 e. The second-order valence-electron chi connectivity index (χ2n) is 7.66. The molecular formula is C16H23N5O7S. The van der Waals surface area contributed by atoms with E-state index in [0.29, 0.717) is 5.06 Å². The van der Waals surface area contributed by atoms with Crippen molar-refractivity contribution in [1.82, 2.24) is 20.4 Å². The van der Waals surface area contributed by atoms with Gasteiger partial charge in [0.05, 0.1) is 18.7 Å². The number of rotatable bonds is 7. The van der Waals surface area contributed by atoms with Crippen LogP contribution in [0.1, 0.15) is 31.9 Å². The summed E-state index contributed by atoms with van der Waals surface area (Å²) in [5.41, 5.74) is 8.34. The Morgan fingerprint density at radius 3 is 2.86 bits per heavy atom. The fourth-order valence-electron chi connectivity index (χ4n) is 3.55. The maximum atomic E-state index is 12.6. The Hall–Kier alpha value is -2.32. The molecule has 2 fully saturated rings. The normalized spacial score (nSPS) is 24.5. The molecule has 12 nitrogen and oxygen atoms in total. The van der Waals surface area contributed by atoms with Crippen molar-refractivity contribution in [2.24, 2.45) is 11.1 Å². The smallest absolute Gasteiger partial charge is 0.322 e. The first kappa shape index (κ1) is 21.4. The number of urea groups is 1. The van der Waals surface area contributed by atoms with Crippen LogP contribution in [0.2, 0.25) is 0 Å². The molecule has 0 aliphatic carbocycles. The molecule has 3 amide bonds. The van der Waals surface area contributed by atoms with Crippen molar-refractivity contribution in [2.75, 3.05) is 13.2 Å². The van der Waals surface area contributed by atoms with Gasteiger partial charge in [-0.3, -0.25) is 19.2 Å². The molecule has 0 aromatic carbocycles. The molecule has 0 radical (unpaired) electrons. The van der Waals surface area contributed by atoms with Gasteiger partial charge in [-0.05, 0) is 23.5 Å². The number of carbonyl (C=O) groups is 2. The predicted octanol–water partition coefficient (Wildman–Crippen LogP) is -0.232. The van der Waals surface area contributed by atoms with Crippen molar-refractivity contribution in [3.05, 3.63) is 30.1 Å². The lowest BCUT2D eigenvalue weighted by Crippen LogP contribution is -2.54. The fourth-order valence-corrected chi connectivity index (χ4v) is 3.92. The summed E-state index contributed by atoms with van der Waals surface area (Å²) in [6, 6.07) is 0.612. The number of nitrogens with two attached hydrogens (primary N) is 1. The lowest BCUT2D eigenvalue weighted by atomic mass is 9.76. The van der Waals surface area contributed by atoms with E-state index in [4.69, 9.17) is 15.1 Å². The molecule has 29 heavy (non-hydrogen) atoms. The molecule has 0 spiro atoms. The number of hydroxylamine groups is 3. The number of carbonyl (C=O) groups excluding carboxylic acids is 2. The summed E-state index contributed by atoms with van der Waals surface area (Å²) in [6.45, 7) is 3.59. The molecule has 3 rings (SSSR count). The van der Waals surface area contributed by atoms with Gasteiger partial charge < -0.3 is 10.6 Å². The summed E-state index contributed by atoms with van der Waals surface area (Å²) in [5.74, 6) is -0.572. The van der Waals surface area contributed by atoms with Gasteiger partial charge in [-0.15, -0.1) is 4.28 Å². The highest BCUT2D eigenvalue weighted by molar-refractivity contribution is 7.80. The van der Waals surface area contributed by atoms with Crippen molar-refractivity contribution in [1.29, 1.82) is 0 Å². The zero-order chi connectivity index (χ0) is 21.4. The van der Waals surface area contributed by atoms with E-state index in [1.165, 1.54) is 4.90 Å². The van der Waals surface area contributed by atoms with E-state index in [2.05, 4.69) is 14.7 Å². The highest BCUT2D eigenvalue weighted by Gasteiger charge is 2.56. The van der Waals surface area contributed by atoms with Gasteiger partial charge in [0, 0.05) is 18.9 Å². The van der Waals surface area contributed by atoms with E-state index >= 15 is 0 Å². The molecule has 3 atom stereocenters. The molecule has 2 saturated heterocycles. The van der Waals surface area contributed by atoms with Crippen LogP contribution in [0.3, 0.4) is 0 Å². The first-order chi connectivity index (χ1) is 13.5. The standard InChI is InChI=1S/C16H23N5O7S/c1-16(2)6-12(20-8-13(16)21(15(20)23)28-29(24,25)26)14(22)19-27-9-11(17)10-4-3-5-18-7-10/h3-5,7,11-13H,6,8-9,17H2,1-2H3,(H,19,22)(H,24,25,26)/t11?,12-,13-/m0/s1.